The molecule has 0 amide bonds. The lowest BCUT2D eigenvalue weighted by Gasteiger charge is -2.09. The zero-order chi connectivity index (χ0) is 14.0. The van der Waals surface area contributed by atoms with E-state index in [1.807, 2.05) is 6.92 Å². The molecule has 100 valence electrons. The van der Waals surface area contributed by atoms with Gasteiger partial charge in [-0.25, -0.2) is 0 Å². The average molecular weight is 362 g/mol. The summed E-state index contributed by atoms with van der Waals surface area (Å²) in [6.45, 7) is 1.88. The summed E-state index contributed by atoms with van der Waals surface area (Å²) in [6.07, 6.45) is 0. The molecule has 0 aromatic heterocycles. The van der Waals surface area contributed by atoms with Gasteiger partial charge in [0.25, 0.3) is 0 Å². The van der Waals surface area contributed by atoms with Crippen LogP contribution in [0.15, 0.2) is 51.8 Å². The largest absolute Gasteiger partial charge is 0.378 e. The summed E-state index contributed by atoms with van der Waals surface area (Å²) in [7, 11) is -3.84. The van der Waals surface area contributed by atoms with E-state index in [9.17, 15) is 8.42 Å². The van der Waals surface area contributed by atoms with Crippen LogP contribution in [-0.4, -0.2) is 8.42 Å². The van der Waals surface area contributed by atoms with Crippen molar-refractivity contribution >= 4 is 37.6 Å². The average Bonchev–Trinajstić information content (AvgIpc) is 2.33. The molecule has 0 N–H and O–H groups in total. The Morgan fingerprint density at radius 1 is 1.11 bits per heavy atom. The van der Waals surface area contributed by atoms with Crippen LogP contribution in [0.4, 0.5) is 0 Å². The number of aryl methyl sites for hydroxylation is 1. The molecule has 0 radical (unpaired) electrons. The second-order valence-electron chi connectivity index (χ2n) is 3.93. The van der Waals surface area contributed by atoms with Crippen molar-refractivity contribution in [2.75, 3.05) is 0 Å². The molecule has 0 aliphatic carbocycles. The lowest BCUT2D eigenvalue weighted by atomic mass is 10.2. The van der Waals surface area contributed by atoms with Crippen molar-refractivity contribution in [3.05, 3.63) is 57.5 Å². The monoisotopic (exact) mass is 360 g/mol. The highest BCUT2D eigenvalue weighted by atomic mass is 79.9. The number of halogens is 2. The molecular formula is C13H10BrClO3S. The van der Waals surface area contributed by atoms with Crippen molar-refractivity contribution in [2.24, 2.45) is 0 Å². The number of rotatable bonds is 3. The third-order valence-corrected chi connectivity index (χ3v) is 4.51. The van der Waals surface area contributed by atoms with Gasteiger partial charge in [-0.05, 0) is 53.2 Å². The second kappa shape index (κ2) is 5.53. The van der Waals surface area contributed by atoms with E-state index in [4.69, 9.17) is 15.8 Å². The molecule has 0 unspecified atom stereocenters. The van der Waals surface area contributed by atoms with Crippen molar-refractivity contribution < 1.29 is 12.6 Å². The van der Waals surface area contributed by atoms with Gasteiger partial charge in [0, 0.05) is 5.02 Å². The molecule has 19 heavy (non-hydrogen) atoms. The molecule has 0 bridgehead atoms. The Morgan fingerprint density at radius 2 is 1.74 bits per heavy atom. The molecule has 0 aliphatic rings. The maximum Gasteiger partial charge on any atom is 0.339 e. The lowest BCUT2D eigenvalue weighted by molar-refractivity contribution is 0.484. The Hall–Kier alpha value is -1.04. The van der Waals surface area contributed by atoms with E-state index >= 15 is 0 Å². The van der Waals surface area contributed by atoms with Gasteiger partial charge in [0.15, 0.2) is 5.75 Å². The first kappa shape index (κ1) is 14.4. The highest BCUT2D eigenvalue weighted by molar-refractivity contribution is 9.10. The van der Waals surface area contributed by atoms with Crippen LogP contribution >= 0.6 is 27.5 Å². The van der Waals surface area contributed by atoms with E-state index < -0.39 is 10.1 Å². The van der Waals surface area contributed by atoms with Gasteiger partial charge < -0.3 is 4.18 Å². The summed E-state index contributed by atoms with van der Waals surface area (Å²) in [6, 6.07) is 11.1. The normalized spacial score (nSPS) is 11.3. The molecule has 0 saturated heterocycles. The van der Waals surface area contributed by atoms with E-state index in [0.29, 0.717) is 9.50 Å². The van der Waals surface area contributed by atoms with Crippen LogP contribution in [0, 0.1) is 6.92 Å². The lowest BCUT2D eigenvalue weighted by Crippen LogP contribution is -2.10. The van der Waals surface area contributed by atoms with Crippen LogP contribution in [0.25, 0.3) is 0 Å². The van der Waals surface area contributed by atoms with Gasteiger partial charge in [-0.1, -0.05) is 29.3 Å². The quantitative estimate of drug-likeness (QED) is 0.770. The van der Waals surface area contributed by atoms with Crippen molar-refractivity contribution in [1.29, 1.82) is 0 Å². The van der Waals surface area contributed by atoms with Crippen molar-refractivity contribution in [3.63, 3.8) is 0 Å². The molecule has 0 atom stereocenters. The van der Waals surface area contributed by atoms with E-state index in [1.54, 1.807) is 24.3 Å². The molecule has 6 heteroatoms. The molecule has 3 nitrogen and oxygen atoms in total. The first-order valence-electron chi connectivity index (χ1n) is 5.35. The van der Waals surface area contributed by atoms with Crippen molar-refractivity contribution in [3.8, 4) is 5.75 Å². The van der Waals surface area contributed by atoms with E-state index in [0.717, 1.165) is 5.56 Å². The van der Waals surface area contributed by atoms with Crippen LogP contribution in [0.3, 0.4) is 0 Å². The fourth-order valence-electron chi connectivity index (χ4n) is 1.41. The summed E-state index contributed by atoms with van der Waals surface area (Å²) in [5.41, 5.74) is 0.978. The summed E-state index contributed by atoms with van der Waals surface area (Å²) in [4.78, 5) is 0.111. The molecule has 0 saturated carbocycles. The predicted molar refractivity (Wildman–Crippen MR) is 78.1 cm³/mol. The van der Waals surface area contributed by atoms with Gasteiger partial charge in [0.2, 0.25) is 0 Å². The van der Waals surface area contributed by atoms with E-state index in [-0.39, 0.29) is 10.6 Å². The summed E-state index contributed by atoms with van der Waals surface area (Å²) in [5, 5.41) is 0.493. The molecule has 2 aromatic rings. The topological polar surface area (TPSA) is 43.4 Å². The second-order valence-corrected chi connectivity index (χ2v) is 6.76. The molecule has 0 aliphatic heterocycles. The van der Waals surface area contributed by atoms with Crippen LogP contribution in [0.5, 0.6) is 5.75 Å². The standard InChI is InChI=1S/C13H10BrClO3S/c1-9-2-5-11(6-3-9)19(16,17)18-13-7-4-10(15)8-12(13)14/h2-8H,1H3. The van der Waals surface area contributed by atoms with Crippen LogP contribution in [0.1, 0.15) is 5.56 Å². The first-order chi connectivity index (χ1) is 8.88. The highest BCUT2D eigenvalue weighted by Crippen LogP contribution is 2.30. The predicted octanol–water partition coefficient (Wildman–Crippen LogP) is 4.18. The Morgan fingerprint density at radius 3 is 2.32 bits per heavy atom. The maximum atomic E-state index is 12.1. The fraction of sp³-hybridized carbons (Fsp3) is 0.0769. The molecule has 2 aromatic carbocycles. The summed E-state index contributed by atoms with van der Waals surface area (Å²) >= 11 is 9.00. The first-order valence-corrected chi connectivity index (χ1v) is 7.92. The smallest absolute Gasteiger partial charge is 0.339 e. The highest BCUT2D eigenvalue weighted by Gasteiger charge is 2.17. The van der Waals surface area contributed by atoms with Gasteiger partial charge in [0.1, 0.15) is 4.90 Å². The minimum absolute atomic E-state index is 0.111. The molecular weight excluding hydrogens is 352 g/mol. The number of hydrogen-bond donors (Lipinski definition) is 0. The molecule has 0 heterocycles. The van der Waals surface area contributed by atoms with Gasteiger partial charge in [-0.2, -0.15) is 8.42 Å². The van der Waals surface area contributed by atoms with Gasteiger partial charge >= 0.3 is 10.1 Å². The Balaban J connectivity index is 2.33. The molecule has 0 fully saturated rings. The third-order valence-electron chi connectivity index (χ3n) is 2.40. The number of benzene rings is 2. The van der Waals surface area contributed by atoms with Gasteiger partial charge in [-0.15, -0.1) is 0 Å². The zero-order valence-corrected chi connectivity index (χ0v) is 13.1. The minimum atomic E-state index is -3.84. The third kappa shape index (κ3) is 3.49. The van der Waals surface area contributed by atoms with E-state index in [2.05, 4.69) is 15.9 Å². The Bertz CT molecular complexity index is 696. The van der Waals surface area contributed by atoms with Crippen molar-refractivity contribution in [1.82, 2.24) is 0 Å². The summed E-state index contributed by atoms with van der Waals surface area (Å²) < 4.78 is 29.7. The van der Waals surface area contributed by atoms with Crippen LogP contribution < -0.4 is 4.18 Å². The maximum absolute atomic E-state index is 12.1. The zero-order valence-electron chi connectivity index (χ0n) is 9.93. The van der Waals surface area contributed by atoms with Crippen LogP contribution in [-0.2, 0) is 10.1 Å². The fourth-order valence-corrected chi connectivity index (χ4v) is 3.23. The van der Waals surface area contributed by atoms with Gasteiger partial charge in [-0.3, -0.25) is 0 Å². The van der Waals surface area contributed by atoms with Gasteiger partial charge in [0.05, 0.1) is 4.47 Å². The number of hydrogen-bond acceptors (Lipinski definition) is 3. The van der Waals surface area contributed by atoms with Crippen molar-refractivity contribution in [2.45, 2.75) is 11.8 Å². The molecule has 0 spiro atoms. The Labute approximate surface area is 125 Å². The molecule has 2 rings (SSSR count). The summed E-state index contributed by atoms with van der Waals surface area (Å²) in [5.74, 6) is 0.199. The SMILES string of the molecule is Cc1ccc(S(=O)(=O)Oc2ccc(Cl)cc2Br)cc1. The van der Waals surface area contributed by atoms with Crippen LogP contribution in [0.2, 0.25) is 5.02 Å². The minimum Gasteiger partial charge on any atom is -0.378 e. The van der Waals surface area contributed by atoms with E-state index in [1.165, 1.54) is 18.2 Å². The Kier molecular flexibility index (Phi) is 4.18.